The predicted octanol–water partition coefficient (Wildman–Crippen LogP) is 2.74. The number of nitrogens with one attached hydrogen (secondary N) is 2. The predicted molar refractivity (Wildman–Crippen MR) is 125 cm³/mol. The molecule has 0 aromatic heterocycles. The molecule has 2 N–H and O–H groups in total. The Labute approximate surface area is 194 Å². The van der Waals surface area contributed by atoms with Crippen molar-refractivity contribution in [1.82, 2.24) is 10.2 Å². The quantitative estimate of drug-likeness (QED) is 0.401. The summed E-state index contributed by atoms with van der Waals surface area (Å²) in [4.78, 5) is 38.6. The molecule has 3 rings (SSSR count). The fraction of sp³-hybridized carbons (Fsp3) is 0.400. The topological polar surface area (TPSA) is 97.0 Å². The van der Waals surface area contributed by atoms with Crippen molar-refractivity contribution in [2.24, 2.45) is 0 Å². The molecule has 0 aliphatic carbocycles. The number of hydrogen-bond donors (Lipinski definition) is 2. The number of rotatable bonds is 11. The highest BCUT2D eigenvalue weighted by Gasteiger charge is 2.34. The number of carbonyl (C=O) groups is 3. The summed E-state index contributed by atoms with van der Waals surface area (Å²) in [5.74, 6) is -0.324. The van der Waals surface area contributed by atoms with Crippen LogP contribution in [0.15, 0.2) is 54.6 Å². The first-order valence-corrected chi connectivity index (χ1v) is 11.3. The Morgan fingerprint density at radius 2 is 1.88 bits per heavy atom. The molecule has 8 nitrogen and oxygen atoms in total. The number of hydrogen-bond acceptors (Lipinski definition) is 6. The van der Waals surface area contributed by atoms with Crippen LogP contribution in [0.25, 0.3) is 0 Å². The summed E-state index contributed by atoms with van der Waals surface area (Å²) in [6.07, 6.45) is 1.54. The Balaban J connectivity index is 1.49. The normalized spacial score (nSPS) is 15.5. The number of anilines is 1. The largest absolute Gasteiger partial charge is 0.489 e. The smallest absolute Gasteiger partial charge is 0.308 e. The van der Waals surface area contributed by atoms with Crippen molar-refractivity contribution < 1.29 is 23.9 Å². The van der Waals surface area contributed by atoms with Gasteiger partial charge in [0.05, 0.1) is 19.6 Å². The lowest BCUT2D eigenvalue weighted by atomic mass is 10.1. The van der Waals surface area contributed by atoms with E-state index in [0.29, 0.717) is 26.3 Å². The number of ether oxygens (including phenoxy) is 2. The zero-order valence-electron chi connectivity index (χ0n) is 18.9. The van der Waals surface area contributed by atoms with Gasteiger partial charge in [-0.25, -0.2) is 0 Å². The van der Waals surface area contributed by atoms with Crippen LogP contribution in [0.4, 0.5) is 5.69 Å². The molecule has 8 heteroatoms. The molecule has 1 saturated heterocycles. The van der Waals surface area contributed by atoms with Crippen LogP contribution in [-0.2, 0) is 25.7 Å². The number of nitrogens with zero attached hydrogens (tertiary/aromatic N) is 1. The molecule has 0 saturated carbocycles. The third-order valence-corrected chi connectivity index (χ3v) is 5.32. The van der Waals surface area contributed by atoms with Gasteiger partial charge >= 0.3 is 5.97 Å². The van der Waals surface area contributed by atoms with Crippen molar-refractivity contribution in [3.63, 3.8) is 0 Å². The Hall–Kier alpha value is -3.55. The van der Waals surface area contributed by atoms with Crippen molar-refractivity contribution in [3.8, 4) is 5.75 Å². The molecule has 1 unspecified atom stereocenters. The van der Waals surface area contributed by atoms with Crippen LogP contribution >= 0.6 is 0 Å². The monoisotopic (exact) mass is 453 g/mol. The van der Waals surface area contributed by atoms with Gasteiger partial charge in [0.25, 0.3) is 0 Å². The molecule has 0 spiro atoms. The minimum atomic E-state index is -0.851. The van der Waals surface area contributed by atoms with E-state index in [1.165, 1.54) is 4.90 Å². The van der Waals surface area contributed by atoms with E-state index in [9.17, 15) is 14.4 Å². The lowest BCUT2D eigenvalue weighted by molar-refractivity contribution is -0.151. The highest BCUT2D eigenvalue weighted by Crippen LogP contribution is 2.18. The molecule has 0 radical (unpaired) electrons. The van der Waals surface area contributed by atoms with Gasteiger partial charge in [-0.05, 0) is 36.2 Å². The number of benzene rings is 2. The van der Waals surface area contributed by atoms with Crippen molar-refractivity contribution in [2.75, 3.05) is 31.6 Å². The maximum absolute atomic E-state index is 12.8. The second-order valence-electron chi connectivity index (χ2n) is 7.82. The van der Waals surface area contributed by atoms with Crippen LogP contribution in [0.5, 0.6) is 5.75 Å². The molecule has 0 bridgehead atoms. The molecule has 33 heavy (non-hydrogen) atoms. The molecule has 176 valence electrons. The first kappa shape index (κ1) is 24.1. The molecular weight excluding hydrogens is 422 g/mol. The van der Waals surface area contributed by atoms with Crippen LogP contribution in [0.2, 0.25) is 0 Å². The molecular formula is C25H31N3O5. The van der Waals surface area contributed by atoms with Gasteiger partial charge in [0.1, 0.15) is 18.4 Å². The van der Waals surface area contributed by atoms with Crippen LogP contribution in [-0.4, -0.2) is 55.0 Å². The fourth-order valence-corrected chi connectivity index (χ4v) is 3.45. The molecule has 1 fully saturated rings. The van der Waals surface area contributed by atoms with E-state index in [-0.39, 0.29) is 24.8 Å². The van der Waals surface area contributed by atoms with Gasteiger partial charge in [0.2, 0.25) is 11.8 Å². The van der Waals surface area contributed by atoms with Crippen molar-refractivity contribution in [2.45, 2.75) is 38.8 Å². The summed E-state index contributed by atoms with van der Waals surface area (Å²) in [6.45, 7) is 3.53. The molecule has 2 aromatic carbocycles. The minimum absolute atomic E-state index is 0.0128. The fourth-order valence-electron chi connectivity index (χ4n) is 3.45. The molecule has 1 atom stereocenters. The van der Waals surface area contributed by atoms with Gasteiger partial charge in [0.15, 0.2) is 0 Å². The van der Waals surface area contributed by atoms with Gasteiger partial charge in [0, 0.05) is 18.8 Å². The second kappa shape index (κ2) is 12.5. The van der Waals surface area contributed by atoms with Crippen LogP contribution in [0.1, 0.15) is 31.7 Å². The van der Waals surface area contributed by atoms with E-state index in [1.54, 1.807) is 0 Å². The van der Waals surface area contributed by atoms with Crippen molar-refractivity contribution in [1.29, 1.82) is 0 Å². The number of amides is 2. The molecule has 1 aliphatic heterocycles. The number of unbranched alkanes of at least 4 members (excludes halogenated alkanes) is 1. The summed E-state index contributed by atoms with van der Waals surface area (Å²) in [5.41, 5.74) is 1.84. The van der Waals surface area contributed by atoms with E-state index < -0.39 is 12.0 Å². The first-order chi connectivity index (χ1) is 16.1. The van der Waals surface area contributed by atoms with Crippen LogP contribution in [0, 0.1) is 0 Å². The zero-order chi connectivity index (χ0) is 23.5. The Morgan fingerprint density at radius 3 is 2.61 bits per heavy atom. The zero-order valence-corrected chi connectivity index (χ0v) is 18.9. The maximum Gasteiger partial charge on any atom is 0.308 e. The highest BCUT2D eigenvalue weighted by molar-refractivity contribution is 5.93. The third-order valence-electron chi connectivity index (χ3n) is 5.32. The summed E-state index contributed by atoms with van der Waals surface area (Å²) in [7, 11) is 0. The Morgan fingerprint density at radius 1 is 1.12 bits per heavy atom. The number of esters is 1. The van der Waals surface area contributed by atoms with Crippen LogP contribution in [0.3, 0.4) is 0 Å². The van der Waals surface area contributed by atoms with E-state index in [0.717, 1.165) is 29.8 Å². The highest BCUT2D eigenvalue weighted by atomic mass is 16.5. The lowest BCUT2D eigenvalue weighted by Gasteiger charge is -2.34. The van der Waals surface area contributed by atoms with E-state index in [4.69, 9.17) is 9.47 Å². The van der Waals surface area contributed by atoms with Gasteiger partial charge in [-0.2, -0.15) is 0 Å². The summed E-state index contributed by atoms with van der Waals surface area (Å²) in [5, 5.41) is 5.80. The maximum atomic E-state index is 12.8. The van der Waals surface area contributed by atoms with Crippen molar-refractivity contribution in [3.05, 3.63) is 60.2 Å². The van der Waals surface area contributed by atoms with E-state index in [2.05, 4.69) is 10.6 Å². The molecule has 2 amide bonds. The Kier molecular flexibility index (Phi) is 9.11. The van der Waals surface area contributed by atoms with E-state index >= 15 is 0 Å². The molecule has 2 aromatic rings. The lowest BCUT2D eigenvalue weighted by Crippen LogP contribution is -2.58. The standard InChI is InChI=1S/C25H31N3O5/c1-2-3-15-32-24(30)16-22-25(31)26-13-14-28(22)23(29)17-27-20-9-11-21(12-10-20)33-18-19-7-5-4-6-8-19/h4-12,22,27H,2-3,13-18H2,1H3,(H,26,31). The average Bonchev–Trinajstić information content (AvgIpc) is 2.84. The number of piperazine rings is 1. The second-order valence-corrected chi connectivity index (χ2v) is 7.82. The first-order valence-electron chi connectivity index (χ1n) is 11.3. The van der Waals surface area contributed by atoms with Gasteiger partial charge < -0.3 is 25.0 Å². The van der Waals surface area contributed by atoms with Gasteiger partial charge in [-0.3, -0.25) is 14.4 Å². The summed E-state index contributed by atoms with van der Waals surface area (Å²) in [6, 6.07) is 16.4. The SMILES string of the molecule is CCCCOC(=O)CC1C(=O)NCCN1C(=O)CNc1ccc(OCc2ccccc2)cc1. The average molecular weight is 454 g/mol. The van der Waals surface area contributed by atoms with Crippen molar-refractivity contribution >= 4 is 23.5 Å². The number of carbonyl (C=O) groups excluding carboxylic acids is 3. The summed E-state index contributed by atoms with van der Waals surface area (Å²) < 4.78 is 10.9. The van der Waals surface area contributed by atoms with E-state index in [1.807, 2.05) is 61.5 Å². The molecule has 1 aliphatic rings. The van der Waals surface area contributed by atoms with Gasteiger partial charge in [-0.15, -0.1) is 0 Å². The summed E-state index contributed by atoms with van der Waals surface area (Å²) >= 11 is 0. The van der Waals surface area contributed by atoms with Crippen LogP contribution < -0.4 is 15.4 Å². The minimum Gasteiger partial charge on any atom is -0.489 e. The van der Waals surface area contributed by atoms with Gasteiger partial charge in [-0.1, -0.05) is 43.7 Å². The third kappa shape index (κ3) is 7.52. The molecule has 1 heterocycles. The Bertz CT molecular complexity index is 917.